The number of nitrogens with zero attached hydrogens (tertiary/aromatic N) is 6. The molecule has 2 aliphatic rings. The Labute approximate surface area is 271 Å². The number of amides is 1. The molecule has 2 aromatic carbocycles. The zero-order valence-corrected chi connectivity index (χ0v) is 28.8. The molecule has 1 fully saturated rings. The lowest BCUT2D eigenvalue weighted by atomic mass is 9.70. The lowest BCUT2D eigenvalue weighted by Gasteiger charge is -2.45. The zero-order chi connectivity index (χ0) is 32.6. The van der Waals surface area contributed by atoms with Gasteiger partial charge in [-0.2, -0.15) is 12.7 Å². The molecule has 1 saturated heterocycles. The number of ether oxygens (including phenoxy) is 1. The number of rotatable bonds is 11. The largest absolute Gasteiger partial charge is 0.361 e. The molecule has 1 aliphatic carbocycles. The fraction of sp³-hybridized carbons (Fsp3) is 0.424. The molecule has 11 nitrogen and oxygen atoms in total. The van der Waals surface area contributed by atoms with E-state index in [2.05, 4.69) is 24.6 Å². The molecule has 3 atom stereocenters. The SMILES string of the molecule is CN(C)S(=O)(=O)n1cnc2c1[C@@H](c1cn(COCC[Si](C)(C)C)cn1)[C@@H]1CON(C(c3ccccc3)c3ccccc3)C(=O)[C@H]1C2. The van der Waals surface area contributed by atoms with Crippen molar-refractivity contribution in [3.8, 4) is 0 Å². The molecule has 4 aromatic rings. The van der Waals surface area contributed by atoms with Gasteiger partial charge in [0.1, 0.15) is 19.1 Å². The minimum Gasteiger partial charge on any atom is -0.361 e. The normalized spacial score (nSPS) is 20.3. The maximum atomic E-state index is 14.5. The highest BCUT2D eigenvalue weighted by Gasteiger charge is 2.51. The fourth-order valence-electron chi connectivity index (χ4n) is 6.33. The van der Waals surface area contributed by atoms with Gasteiger partial charge in [0.05, 0.1) is 41.9 Å². The van der Waals surface area contributed by atoms with Crippen LogP contribution in [-0.2, 0) is 37.7 Å². The van der Waals surface area contributed by atoms with Crippen LogP contribution in [0.15, 0.2) is 79.5 Å². The van der Waals surface area contributed by atoms with Crippen LogP contribution in [0.1, 0.15) is 40.2 Å². The van der Waals surface area contributed by atoms with E-state index >= 15 is 0 Å². The van der Waals surface area contributed by atoms with Crippen molar-refractivity contribution in [3.05, 3.63) is 108 Å². The van der Waals surface area contributed by atoms with E-state index in [4.69, 9.17) is 14.6 Å². The third kappa shape index (κ3) is 6.34. The topological polar surface area (TPSA) is 112 Å². The van der Waals surface area contributed by atoms with Gasteiger partial charge < -0.3 is 9.30 Å². The van der Waals surface area contributed by atoms with E-state index in [1.165, 1.54) is 29.5 Å². The summed E-state index contributed by atoms with van der Waals surface area (Å²) in [5.41, 5.74) is 3.61. The molecular formula is C33H42N6O5SSi. The van der Waals surface area contributed by atoms with Gasteiger partial charge in [0, 0.05) is 47.3 Å². The Morgan fingerprint density at radius 3 is 2.26 bits per heavy atom. The maximum Gasteiger partial charge on any atom is 0.308 e. The smallest absolute Gasteiger partial charge is 0.308 e. The molecule has 1 aliphatic heterocycles. The fourth-order valence-corrected chi connectivity index (χ4v) is 8.08. The molecule has 1 amide bonds. The molecule has 0 unspecified atom stereocenters. The monoisotopic (exact) mass is 662 g/mol. The van der Waals surface area contributed by atoms with Gasteiger partial charge in [0.15, 0.2) is 0 Å². The number of benzene rings is 2. The van der Waals surface area contributed by atoms with Gasteiger partial charge in [0.2, 0.25) is 0 Å². The predicted molar refractivity (Wildman–Crippen MR) is 177 cm³/mol. The van der Waals surface area contributed by atoms with Gasteiger partial charge >= 0.3 is 10.2 Å². The summed E-state index contributed by atoms with van der Waals surface area (Å²) in [6, 6.07) is 20.3. The first-order valence-corrected chi connectivity index (χ1v) is 20.7. The van der Waals surface area contributed by atoms with E-state index in [1.807, 2.05) is 71.4 Å². The van der Waals surface area contributed by atoms with Crippen molar-refractivity contribution in [2.45, 2.75) is 50.8 Å². The first-order chi connectivity index (χ1) is 22.0. The van der Waals surface area contributed by atoms with Crippen molar-refractivity contribution in [2.24, 2.45) is 11.8 Å². The van der Waals surface area contributed by atoms with Crippen molar-refractivity contribution >= 4 is 24.2 Å². The zero-order valence-electron chi connectivity index (χ0n) is 27.0. The third-order valence-electron chi connectivity index (χ3n) is 8.83. The molecule has 13 heteroatoms. The number of fused-ring (bicyclic) bond motifs is 2. The quantitative estimate of drug-likeness (QED) is 0.171. The molecule has 0 bridgehead atoms. The highest BCUT2D eigenvalue weighted by molar-refractivity contribution is 7.87. The van der Waals surface area contributed by atoms with Crippen LogP contribution in [0.3, 0.4) is 0 Å². The van der Waals surface area contributed by atoms with E-state index < -0.39 is 36.2 Å². The first kappa shape index (κ1) is 32.3. The van der Waals surface area contributed by atoms with Crippen LogP contribution in [0.5, 0.6) is 0 Å². The van der Waals surface area contributed by atoms with Crippen LogP contribution >= 0.6 is 0 Å². The Balaban J connectivity index is 1.37. The predicted octanol–water partition coefficient (Wildman–Crippen LogP) is 4.53. The second-order valence-electron chi connectivity index (χ2n) is 13.5. The summed E-state index contributed by atoms with van der Waals surface area (Å²) in [7, 11) is -2.14. The number of hydrogen-bond donors (Lipinski definition) is 0. The second kappa shape index (κ2) is 12.9. The lowest BCUT2D eigenvalue weighted by Crippen LogP contribution is -2.52. The van der Waals surface area contributed by atoms with E-state index in [0.29, 0.717) is 36.8 Å². The lowest BCUT2D eigenvalue weighted by molar-refractivity contribution is -0.230. The Morgan fingerprint density at radius 1 is 1.00 bits per heavy atom. The van der Waals surface area contributed by atoms with Gasteiger partial charge in [0.25, 0.3) is 5.91 Å². The molecule has 0 radical (unpaired) electrons. The third-order valence-corrected chi connectivity index (χ3v) is 12.2. The number of carbonyl (C=O) groups is 1. The molecule has 0 saturated carbocycles. The summed E-state index contributed by atoms with van der Waals surface area (Å²) in [5.74, 6) is -1.58. The van der Waals surface area contributed by atoms with Crippen LogP contribution < -0.4 is 0 Å². The number of hydrogen-bond acceptors (Lipinski definition) is 7. The number of imidazole rings is 2. The van der Waals surface area contributed by atoms with Gasteiger partial charge in [-0.15, -0.1) is 0 Å². The summed E-state index contributed by atoms with van der Waals surface area (Å²) in [5, 5.41) is 1.51. The van der Waals surface area contributed by atoms with Crippen LogP contribution in [0.4, 0.5) is 0 Å². The Kier molecular flexibility index (Phi) is 9.05. The summed E-state index contributed by atoms with van der Waals surface area (Å²) in [4.78, 5) is 30.2. The molecule has 46 heavy (non-hydrogen) atoms. The van der Waals surface area contributed by atoms with Crippen LogP contribution in [0, 0.1) is 11.8 Å². The van der Waals surface area contributed by atoms with Gasteiger partial charge in [-0.05, 0) is 17.2 Å². The maximum absolute atomic E-state index is 14.5. The number of carbonyl (C=O) groups excluding carboxylic acids is 1. The number of hydroxylamine groups is 2. The van der Waals surface area contributed by atoms with Crippen LogP contribution in [-0.4, -0.2) is 77.6 Å². The van der Waals surface area contributed by atoms with Gasteiger partial charge in [-0.25, -0.2) is 19.0 Å². The van der Waals surface area contributed by atoms with Gasteiger partial charge in [-0.3, -0.25) is 9.63 Å². The molecular weight excluding hydrogens is 621 g/mol. The second-order valence-corrected chi connectivity index (χ2v) is 21.1. The highest BCUT2D eigenvalue weighted by Crippen LogP contribution is 2.47. The van der Waals surface area contributed by atoms with Crippen molar-refractivity contribution in [1.82, 2.24) is 27.9 Å². The molecule has 3 heterocycles. The Bertz CT molecular complexity index is 1730. The van der Waals surface area contributed by atoms with Crippen molar-refractivity contribution in [1.29, 1.82) is 0 Å². The molecule has 2 aromatic heterocycles. The summed E-state index contributed by atoms with van der Waals surface area (Å²) >= 11 is 0. The first-order valence-electron chi connectivity index (χ1n) is 15.6. The standard InChI is InChI=1S/C33H42N6O5SSi/c1-36(2)45(41,42)38-22-35-28-18-26-27(30(32(28)38)29-19-37(21-34-29)23-43-16-17-46(3,4)5)20-44-39(33(26)40)31(24-12-8-6-9-13-24)25-14-10-7-11-15-25/h6-15,19,21-22,26-27,30-31H,16-18,20,23H2,1-5H3/t26-,27+,30+/m0/s1. The van der Waals surface area contributed by atoms with Crippen LogP contribution in [0.2, 0.25) is 25.7 Å². The molecule has 0 spiro atoms. The average molecular weight is 663 g/mol. The van der Waals surface area contributed by atoms with E-state index in [0.717, 1.165) is 21.5 Å². The van der Waals surface area contributed by atoms with E-state index in [-0.39, 0.29) is 18.4 Å². The molecule has 6 rings (SSSR count). The Morgan fingerprint density at radius 2 is 1.65 bits per heavy atom. The summed E-state index contributed by atoms with van der Waals surface area (Å²) < 4.78 is 37.2. The van der Waals surface area contributed by atoms with Crippen molar-refractivity contribution < 1.29 is 22.8 Å². The molecule has 0 N–H and O–H groups in total. The minimum absolute atomic E-state index is 0.163. The van der Waals surface area contributed by atoms with E-state index in [9.17, 15) is 13.2 Å². The van der Waals surface area contributed by atoms with E-state index in [1.54, 1.807) is 6.33 Å². The highest BCUT2D eigenvalue weighted by atomic mass is 32.2. The Hall–Kier alpha value is -3.62. The minimum atomic E-state index is -3.89. The van der Waals surface area contributed by atoms with Crippen molar-refractivity contribution in [3.63, 3.8) is 0 Å². The average Bonchev–Trinajstić information content (AvgIpc) is 3.68. The summed E-state index contributed by atoms with van der Waals surface area (Å²) in [6.07, 6.45) is 5.23. The summed E-state index contributed by atoms with van der Waals surface area (Å²) in [6.45, 7) is 8.12. The van der Waals surface area contributed by atoms with Crippen molar-refractivity contribution in [2.75, 3.05) is 27.3 Å². The van der Waals surface area contributed by atoms with Crippen LogP contribution in [0.25, 0.3) is 0 Å². The molecule has 244 valence electrons. The number of aromatic nitrogens is 4. The van der Waals surface area contributed by atoms with Gasteiger partial charge in [-0.1, -0.05) is 80.3 Å².